The predicted octanol–water partition coefficient (Wildman–Crippen LogP) is 1.75. The van der Waals surface area contributed by atoms with Crippen LogP contribution in [0.2, 0.25) is 0 Å². The number of nitrogens with one attached hydrogen (secondary N) is 3. The average Bonchev–Trinajstić information content (AvgIpc) is 2.56. The number of hydrogen-bond donors (Lipinski definition) is 5. The molecular weight excluding hydrogens is 336 g/mol. The molecule has 7 N–H and O–H groups in total. The highest BCUT2D eigenvalue weighted by atomic mass is 16.2. The lowest BCUT2D eigenvalue weighted by Crippen LogP contribution is -2.29. The lowest BCUT2D eigenvalue weighted by molar-refractivity contribution is -0.114. The van der Waals surface area contributed by atoms with Crippen LogP contribution >= 0.6 is 0 Å². The molecule has 0 aliphatic rings. The van der Waals surface area contributed by atoms with Gasteiger partial charge in [-0.1, -0.05) is 6.07 Å². The Balaban J connectivity index is 2.13. The minimum absolute atomic E-state index is 0.310. The highest BCUT2D eigenvalue weighted by Crippen LogP contribution is 2.15. The Bertz CT molecular complexity index is 861. The van der Waals surface area contributed by atoms with Crippen molar-refractivity contribution in [2.24, 2.45) is 10.8 Å². The van der Waals surface area contributed by atoms with Crippen LogP contribution in [-0.2, 0) is 9.59 Å². The number of hydrogen-bond acceptors (Lipinski definition) is 6. The number of Topliss-reactive ketones (excluding diaryl/α,β-unsaturated/α-hetero) is 1. The molecule has 0 aliphatic heterocycles. The first-order valence-corrected chi connectivity index (χ1v) is 7.53. The Hall–Kier alpha value is -3.88. The zero-order chi connectivity index (χ0) is 19.1. The molecule has 2 rings (SSSR count). The quantitative estimate of drug-likeness (QED) is 0.232. The molecule has 0 aliphatic carbocycles. The number of ketones is 1. The molecule has 0 aromatic heterocycles. The molecule has 26 heavy (non-hydrogen) atoms. The summed E-state index contributed by atoms with van der Waals surface area (Å²) in [7, 11) is 0. The number of amides is 3. The van der Waals surface area contributed by atoms with Gasteiger partial charge in [0.15, 0.2) is 11.5 Å². The van der Waals surface area contributed by atoms with Crippen molar-refractivity contribution >= 4 is 46.2 Å². The highest BCUT2D eigenvalue weighted by Gasteiger charge is 2.17. The number of nitrogen functional groups attached to an aromatic ring is 1. The van der Waals surface area contributed by atoms with Crippen LogP contribution in [0, 0.1) is 0 Å². The van der Waals surface area contributed by atoms with E-state index >= 15 is 0 Å². The second-order valence-corrected chi connectivity index (χ2v) is 5.27. The summed E-state index contributed by atoms with van der Waals surface area (Å²) < 4.78 is 0. The van der Waals surface area contributed by atoms with E-state index in [1.165, 1.54) is 6.92 Å². The van der Waals surface area contributed by atoms with Gasteiger partial charge in [-0.15, -0.1) is 0 Å². The number of hydrazone groups is 1. The molecule has 2 aromatic carbocycles. The van der Waals surface area contributed by atoms with Crippen molar-refractivity contribution < 1.29 is 14.4 Å². The van der Waals surface area contributed by atoms with Crippen LogP contribution < -0.4 is 27.5 Å². The average molecular weight is 354 g/mol. The van der Waals surface area contributed by atoms with Crippen molar-refractivity contribution in [1.82, 2.24) is 0 Å². The van der Waals surface area contributed by atoms with Crippen molar-refractivity contribution in [1.29, 1.82) is 0 Å². The van der Waals surface area contributed by atoms with Crippen LogP contribution in [-0.4, -0.2) is 23.4 Å². The first-order chi connectivity index (χ1) is 12.3. The predicted molar refractivity (Wildman–Crippen MR) is 101 cm³/mol. The minimum atomic E-state index is -0.710. The third kappa shape index (κ3) is 5.34. The maximum Gasteiger partial charge on any atom is 0.316 e. The second-order valence-electron chi connectivity index (χ2n) is 5.27. The smallest absolute Gasteiger partial charge is 0.316 e. The molecule has 0 heterocycles. The van der Waals surface area contributed by atoms with Crippen molar-refractivity contribution in [3.63, 3.8) is 0 Å². The molecule has 0 saturated heterocycles. The molecule has 0 fully saturated rings. The standard InChI is InChI=1S/C17H18N6O3/c1-10(24)15(16(25)20-12-7-5-11(18)6-8-12)23-22-14-4-2-3-13(9-14)21-17(19)26/h2-9,22H,18H2,1H3,(H,20,25)(H3,19,21,26)/b23-15-. The van der Waals surface area contributed by atoms with Gasteiger partial charge in [-0.05, 0) is 42.5 Å². The van der Waals surface area contributed by atoms with Gasteiger partial charge in [0.25, 0.3) is 5.91 Å². The number of benzene rings is 2. The van der Waals surface area contributed by atoms with Gasteiger partial charge < -0.3 is 22.1 Å². The van der Waals surface area contributed by atoms with Crippen molar-refractivity contribution in [2.45, 2.75) is 6.92 Å². The fourth-order valence-corrected chi connectivity index (χ4v) is 1.98. The summed E-state index contributed by atoms with van der Waals surface area (Å²) in [5.41, 5.74) is 14.9. The zero-order valence-corrected chi connectivity index (χ0v) is 13.9. The van der Waals surface area contributed by atoms with Crippen LogP contribution in [0.15, 0.2) is 53.6 Å². The second kappa shape index (κ2) is 8.29. The molecule has 3 amide bonds. The van der Waals surface area contributed by atoms with Crippen molar-refractivity contribution in [3.8, 4) is 0 Å². The van der Waals surface area contributed by atoms with Crippen LogP contribution in [0.4, 0.5) is 27.5 Å². The van der Waals surface area contributed by atoms with E-state index in [1.54, 1.807) is 48.5 Å². The van der Waals surface area contributed by atoms with Crippen molar-refractivity contribution in [3.05, 3.63) is 48.5 Å². The normalized spacial score (nSPS) is 10.7. The Morgan fingerprint density at radius 1 is 0.923 bits per heavy atom. The van der Waals surface area contributed by atoms with E-state index in [-0.39, 0.29) is 5.71 Å². The Morgan fingerprint density at radius 3 is 2.19 bits per heavy atom. The molecule has 9 nitrogen and oxygen atoms in total. The molecule has 0 bridgehead atoms. The van der Waals surface area contributed by atoms with E-state index in [1.807, 2.05) is 0 Å². The van der Waals surface area contributed by atoms with Crippen LogP contribution in [0.25, 0.3) is 0 Å². The summed E-state index contributed by atoms with van der Waals surface area (Å²) in [6.07, 6.45) is 0. The van der Waals surface area contributed by atoms with Crippen LogP contribution in [0.5, 0.6) is 0 Å². The molecule has 0 unspecified atom stereocenters. The SMILES string of the molecule is CC(=O)/C(=N/Nc1cccc(NC(N)=O)c1)C(=O)Nc1ccc(N)cc1. The summed E-state index contributed by atoms with van der Waals surface area (Å²) in [4.78, 5) is 34.9. The molecule has 0 atom stereocenters. The van der Waals surface area contributed by atoms with Gasteiger partial charge in [-0.25, -0.2) is 4.79 Å². The van der Waals surface area contributed by atoms with Gasteiger partial charge in [0.05, 0.1) is 5.69 Å². The van der Waals surface area contributed by atoms with Crippen molar-refractivity contribution in [2.75, 3.05) is 21.8 Å². The number of urea groups is 1. The Kier molecular flexibility index (Phi) is 5.88. The summed E-state index contributed by atoms with van der Waals surface area (Å²) in [5.74, 6) is -1.18. The topological polar surface area (TPSA) is 152 Å². The van der Waals surface area contributed by atoms with E-state index in [9.17, 15) is 14.4 Å². The zero-order valence-electron chi connectivity index (χ0n) is 13.9. The number of anilines is 4. The number of nitrogens with two attached hydrogens (primary N) is 2. The van der Waals surface area contributed by atoms with E-state index in [0.717, 1.165) is 0 Å². The maximum atomic E-state index is 12.3. The molecule has 0 saturated carbocycles. The van der Waals surface area contributed by atoms with Crippen LogP contribution in [0.3, 0.4) is 0 Å². The van der Waals surface area contributed by atoms with Gasteiger partial charge in [0.1, 0.15) is 0 Å². The molecule has 134 valence electrons. The highest BCUT2D eigenvalue weighted by molar-refractivity contribution is 6.67. The summed E-state index contributed by atoms with van der Waals surface area (Å²) in [6.45, 7) is 1.23. The fourth-order valence-electron chi connectivity index (χ4n) is 1.98. The van der Waals surface area contributed by atoms with Gasteiger partial charge in [-0.2, -0.15) is 5.10 Å². The van der Waals surface area contributed by atoms with E-state index < -0.39 is 17.7 Å². The lowest BCUT2D eigenvalue weighted by atomic mass is 10.2. The monoisotopic (exact) mass is 354 g/mol. The Labute approximate surface area is 149 Å². The summed E-state index contributed by atoms with van der Waals surface area (Å²) in [6, 6.07) is 12.2. The first-order valence-electron chi connectivity index (χ1n) is 7.53. The van der Waals surface area contributed by atoms with Gasteiger partial charge >= 0.3 is 6.03 Å². The van der Waals surface area contributed by atoms with E-state index in [4.69, 9.17) is 11.5 Å². The lowest BCUT2D eigenvalue weighted by Gasteiger charge is -2.08. The molecule has 9 heteroatoms. The molecule has 0 spiro atoms. The minimum Gasteiger partial charge on any atom is -0.399 e. The number of carbonyl (C=O) groups is 3. The number of rotatable bonds is 6. The number of primary amides is 1. The summed E-state index contributed by atoms with van der Waals surface area (Å²) >= 11 is 0. The molecule has 0 radical (unpaired) electrons. The summed E-state index contributed by atoms with van der Waals surface area (Å²) in [5, 5.41) is 8.84. The first kappa shape index (κ1) is 18.5. The van der Waals surface area contributed by atoms with Gasteiger partial charge in [0, 0.05) is 24.0 Å². The molecule has 2 aromatic rings. The third-order valence-electron chi connectivity index (χ3n) is 3.14. The molecular formula is C17H18N6O3. The number of nitrogens with zero attached hydrogens (tertiary/aromatic N) is 1. The van der Waals surface area contributed by atoms with Crippen LogP contribution in [0.1, 0.15) is 6.92 Å². The fraction of sp³-hybridized carbons (Fsp3) is 0.0588. The van der Waals surface area contributed by atoms with E-state index in [2.05, 4.69) is 21.2 Å². The third-order valence-corrected chi connectivity index (χ3v) is 3.14. The number of carbonyl (C=O) groups excluding carboxylic acids is 3. The largest absolute Gasteiger partial charge is 0.399 e. The van der Waals surface area contributed by atoms with Gasteiger partial charge in [0.2, 0.25) is 0 Å². The maximum absolute atomic E-state index is 12.3. The van der Waals surface area contributed by atoms with Gasteiger partial charge in [-0.3, -0.25) is 15.0 Å². The Morgan fingerprint density at radius 2 is 1.58 bits per heavy atom. The van der Waals surface area contributed by atoms with E-state index in [0.29, 0.717) is 22.7 Å².